The van der Waals surface area contributed by atoms with Gasteiger partial charge in [0.05, 0.1) is 13.3 Å². The van der Waals surface area contributed by atoms with Crippen LogP contribution >= 0.6 is 0 Å². The Morgan fingerprint density at radius 1 is 1.22 bits per heavy atom. The topological polar surface area (TPSA) is 63.2 Å². The summed E-state index contributed by atoms with van der Waals surface area (Å²) in [5.74, 6) is 3.13. The molecule has 1 fully saturated rings. The minimum absolute atomic E-state index is 0.567. The number of anilines is 2. The summed E-state index contributed by atoms with van der Waals surface area (Å²) in [5.41, 5.74) is 1.15. The molecule has 2 aromatic rings. The number of hydrogen-bond acceptors (Lipinski definition) is 6. The van der Waals surface area contributed by atoms with Crippen molar-refractivity contribution in [1.29, 1.82) is 0 Å². The fourth-order valence-electron chi connectivity index (χ4n) is 2.68. The Balaban J connectivity index is 1.60. The number of piperidine rings is 1. The molecule has 0 bridgehead atoms. The van der Waals surface area contributed by atoms with E-state index in [2.05, 4.69) is 32.3 Å². The Morgan fingerprint density at radius 2 is 1.96 bits per heavy atom. The largest absolute Gasteiger partial charge is 0.497 e. The van der Waals surface area contributed by atoms with Gasteiger partial charge in [0, 0.05) is 19.6 Å². The van der Waals surface area contributed by atoms with Crippen LogP contribution < -0.4 is 15.0 Å². The van der Waals surface area contributed by atoms with Crippen molar-refractivity contribution in [3.05, 3.63) is 36.0 Å². The van der Waals surface area contributed by atoms with Gasteiger partial charge in [0.2, 0.25) is 5.95 Å². The van der Waals surface area contributed by atoms with Crippen LogP contribution in [0.2, 0.25) is 0 Å². The van der Waals surface area contributed by atoms with Crippen LogP contribution in [0.15, 0.2) is 30.5 Å². The molecule has 1 aliphatic heterocycles. The first-order valence-electron chi connectivity index (χ1n) is 8.06. The standard InChI is InChI=1S/C17H23N5O/c1-13-7-9-22(10-8-13)16-12-19-21-17(20-16)18-11-14-3-5-15(23-2)6-4-14/h3-6,12-13H,7-11H2,1-2H3,(H,18,20,21). The fourth-order valence-corrected chi connectivity index (χ4v) is 2.68. The molecular weight excluding hydrogens is 290 g/mol. The van der Waals surface area contributed by atoms with Crippen LogP contribution in [0.4, 0.5) is 11.8 Å². The molecular formula is C17H23N5O. The first-order chi connectivity index (χ1) is 11.2. The zero-order valence-corrected chi connectivity index (χ0v) is 13.7. The zero-order chi connectivity index (χ0) is 16.1. The number of benzene rings is 1. The molecule has 1 saturated heterocycles. The molecule has 6 nitrogen and oxygen atoms in total. The minimum atomic E-state index is 0.567. The average molecular weight is 313 g/mol. The van der Waals surface area contributed by atoms with Gasteiger partial charge in [-0.25, -0.2) is 0 Å². The van der Waals surface area contributed by atoms with Crippen LogP contribution in [0.5, 0.6) is 5.75 Å². The predicted molar refractivity (Wildman–Crippen MR) is 90.8 cm³/mol. The summed E-state index contributed by atoms with van der Waals surface area (Å²) in [6.45, 7) is 5.04. The van der Waals surface area contributed by atoms with Crippen LogP contribution in [0.25, 0.3) is 0 Å². The second-order valence-electron chi connectivity index (χ2n) is 6.01. The smallest absolute Gasteiger partial charge is 0.244 e. The molecule has 6 heteroatoms. The molecule has 0 amide bonds. The predicted octanol–water partition coefficient (Wildman–Crippen LogP) is 2.73. The Labute approximate surface area is 136 Å². The second-order valence-corrected chi connectivity index (χ2v) is 6.01. The average Bonchev–Trinajstić information content (AvgIpc) is 2.61. The van der Waals surface area contributed by atoms with Crippen LogP contribution in [-0.2, 0) is 6.54 Å². The number of aromatic nitrogens is 3. The van der Waals surface area contributed by atoms with Crippen LogP contribution in [0.1, 0.15) is 25.3 Å². The maximum Gasteiger partial charge on any atom is 0.244 e. The number of nitrogens with zero attached hydrogens (tertiary/aromatic N) is 4. The first-order valence-corrected chi connectivity index (χ1v) is 8.06. The third-order valence-electron chi connectivity index (χ3n) is 4.26. The Hall–Kier alpha value is -2.37. The van der Waals surface area contributed by atoms with E-state index in [0.717, 1.165) is 36.1 Å². The highest BCUT2D eigenvalue weighted by Gasteiger charge is 2.17. The van der Waals surface area contributed by atoms with Gasteiger partial charge in [-0.05, 0) is 36.5 Å². The van der Waals surface area contributed by atoms with Gasteiger partial charge in [0.25, 0.3) is 0 Å². The highest BCUT2D eigenvalue weighted by molar-refractivity contribution is 5.41. The van der Waals surface area contributed by atoms with Crippen molar-refractivity contribution in [1.82, 2.24) is 15.2 Å². The van der Waals surface area contributed by atoms with Gasteiger partial charge in [-0.1, -0.05) is 19.1 Å². The summed E-state index contributed by atoms with van der Waals surface area (Å²) in [4.78, 5) is 6.87. The first kappa shape index (κ1) is 15.5. The molecule has 3 rings (SSSR count). The third kappa shape index (κ3) is 4.09. The molecule has 0 saturated carbocycles. The van der Waals surface area contributed by atoms with Crippen LogP contribution in [0, 0.1) is 5.92 Å². The molecule has 0 spiro atoms. The molecule has 1 N–H and O–H groups in total. The summed E-state index contributed by atoms with van der Waals surface area (Å²) in [5, 5.41) is 11.4. The van der Waals surface area contributed by atoms with Crippen molar-refractivity contribution >= 4 is 11.8 Å². The van der Waals surface area contributed by atoms with E-state index in [0.29, 0.717) is 12.5 Å². The van der Waals surface area contributed by atoms with Crippen LogP contribution in [0.3, 0.4) is 0 Å². The van der Waals surface area contributed by atoms with E-state index < -0.39 is 0 Å². The summed E-state index contributed by atoms with van der Waals surface area (Å²) < 4.78 is 5.16. The minimum Gasteiger partial charge on any atom is -0.497 e. The SMILES string of the molecule is COc1ccc(CNc2nncc(N3CCC(C)CC3)n2)cc1. The van der Waals surface area contributed by atoms with Gasteiger partial charge in [-0.2, -0.15) is 10.1 Å². The number of methoxy groups -OCH3 is 1. The molecule has 23 heavy (non-hydrogen) atoms. The number of nitrogens with one attached hydrogen (secondary N) is 1. The van der Waals surface area contributed by atoms with Gasteiger partial charge < -0.3 is 15.0 Å². The lowest BCUT2D eigenvalue weighted by molar-refractivity contribution is 0.414. The summed E-state index contributed by atoms with van der Waals surface area (Å²) >= 11 is 0. The normalized spacial score (nSPS) is 15.5. The maximum absolute atomic E-state index is 5.16. The van der Waals surface area contributed by atoms with Gasteiger partial charge in [0.1, 0.15) is 5.75 Å². The van der Waals surface area contributed by atoms with Crippen LogP contribution in [-0.4, -0.2) is 35.4 Å². The molecule has 122 valence electrons. The lowest BCUT2D eigenvalue weighted by atomic mass is 9.99. The lowest BCUT2D eigenvalue weighted by Crippen LogP contribution is -2.33. The highest BCUT2D eigenvalue weighted by atomic mass is 16.5. The monoisotopic (exact) mass is 313 g/mol. The molecule has 0 aliphatic carbocycles. The van der Waals surface area contributed by atoms with E-state index >= 15 is 0 Å². The second kappa shape index (κ2) is 7.26. The van der Waals surface area contributed by atoms with Gasteiger partial charge in [0.15, 0.2) is 5.82 Å². The Kier molecular flexibility index (Phi) is 4.90. The number of rotatable bonds is 5. The van der Waals surface area contributed by atoms with Gasteiger partial charge >= 0.3 is 0 Å². The van der Waals surface area contributed by atoms with E-state index in [4.69, 9.17) is 4.74 Å². The summed E-state index contributed by atoms with van der Waals surface area (Å²) in [7, 11) is 1.67. The molecule has 1 aromatic carbocycles. The van der Waals surface area contributed by atoms with Crippen molar-refractivity contribution in [3.63, 3.8) is 0 Å². The van der Waals surface area contributed by atoms with Gasteiger partial charge in [-0.15, -0.1) is 5.10 Å². The van der Waals surface area contributed by atoms with Crippen molar-refractivity contribution in [2.45, 2.75) is 26.3 Å². The molecule has 1 aromatic heterocycles. The van der Waals surface area contributed by atoms with Crippen molar-refractivity contribution in [3.8, 4) is 5.75 Å². The number of ether oxygens (including phenoxy) is 1. The fraction of sp³-hybridized carbons (Fsp3) is 0.471. The Bertz CT molecular complexity index is 623. The molecule has 2 heterocycles. The maximum atomic E-state index is 5.16. The van der Waals surface area contributed by atoms with Gasteiger partial charge in [-0.3, -0.25) is 0 Å². The summed E-state index contributed by atoms with van der Waals surface area (Å²) in [6.07, 6.45) is 4.16. The molecule has 1 aliphatic rings. The van der Waals surface area contributed by atoms with E-state index in [1.54, 1.807) is 13.3 Å². The summed E-state index contributed by atoms with van der Waals surface area (Å²) in [6, 6.07) is 7.94. The van der Waals surface area contributed by atoms with E-state index in [1.165, 1.54) is 12.8 Å². The Morgan fingerprint density at radius 3 is 2.65 bits per heavy atom. The molecule has 0 radical (unpaired) electrons. The van der Waals surface area contributed by atoms with Crippen molar-refractivity contribution < 1.29 is 4.74 Å². The quantitative estimate of drug-likeness (QED) is 0.916. The third-order valence-corrected chi connectivity index (χ3v) is 4.26. The van der Waals surface area contributed by atoms with E-state index in [9.17, 15) is 0 Å². The number of hydrogen-bond donors (Lipinski definition) is 1. The lowest BCUT2D eigenvalue weighted by Gasteiger charge is -2.30. The van der Waals surface area contributed by atoms with Crippen molar-refractivity contribution in [2.24, 2.45) is 5.92 Å². The molecule has 0 atom stereocenters. The van der Waals surface area contributed by atoms with E-state index in [1.807, 2.05) is 24.3 Å². The highest BCUT2D eigenvalue weighted by Crippen LogP contribution is 2.21. The van der Waals surface area contributed by atoms with Crippen molar-refractivity contribution in [2.75, 3.05) is 30.4 Å². The van der Waals surface area contributed by atoms with E-state index in [-0.39, 0.29) is 0 Å². The zero-order valence-electron chi connectivity index (χ0n) is 13.7. The molecule has 0 unspecified atom stereocenters.